The van der Waals surface area contributed by atoms with Crippen molar-refractivity contribution in [2.45, 2.75) is 39.5 Å². The van der Waals surface area contributed by atoms with Gasteiger partial charge in [-0.3, -0.25) is 9.59 Å². The van der Waals surface area contributed by atoms with Crippen LogP contribution < -0.4 is 5.32 Å². The summed E-state index contributed by atoms with van der Waals surface area (Å²) in [5.74, 6) is -0.0801. The van der Waals surface area contributed by atoms with E-state index in [0.29, 0.717) is 0 Å². The summed E-state index contributed by atoms with van der Waals surface area (Å²) in [6, 6.07) is 10.7. The first-order valence-electron chi connectivity index (χ1n) is 10.3. The molecule has 0 saturated carbocycles. The van der Waals surface area contributed by atoms with Crippen LogP contribution in [0.25, 0.3) is 0 Å². The Morgan fingerprint density at radius 1 is 1.11 bits per heavy atom. The topological polar surface area (TPSA) is 52.7 Å². The van der Waals surface area contributed by atoms with Crippen LogP contribution in [0.5, 0.6) is 0 Å². The van der Waals surface area contributed by atoms with E-state index in [1.807, 2.05) is 18.7 Å². The first-order valence-corrected chi connectivity index (χ1v) is 10.3. The van der Waals surface area contributed by atoms with Gasteiger partial charge in [0.05, 0.1) is 6.54 Å². The lowest BCUT2D eigenvalue weighted by atomic mass is 9.79. The standard InChI is InChI=1S/C22H33N3O2/c1-18(2)21(27)23-15-20(26)25-14-11-22(17-25)10-6-12-24(16-22)13-9-19-7-4-3-5-8-19/h3-5,7-8,18H,6,9-17H2,1-2H3,(H,23,27)/t22-/m0/s1. The van der Waals surface area contributed by atoms with Crippen LogP contribution in [0, 0.1) is 11.3 Å². The molecule has 2 fully saturated rings. The number of carbonyl (C=O) groups is 2. The Morgan fingerprint density at radius 2 is 1.89 bits per heavy atom. The number of benzene rings is 1. The third kappa shape index (κ3) is 5.32. The number of likely N-dealkylation sites (tertiary alicyclic amines) is 2. The van der Waals surface area contributed by atoms with Gasteiger partial charge in [-0.25, -0.2) is 0 Å². The molecule has 2 heterocycles. The number of nitrogens with one attached hydrogen (secondary N) is 1. The van der Waals surface area contributed by atoms with Crippen molar-refractivity contribution in [1.29, 1.82) is 0 Å². The van der Waals surface area contributed by atoms with Crippen molar-refractivity contribution in [2.24, 2.45) is 11.3 Å². The van der Waals surface area contributed by atoms with Crippen LogP contribution in [0.4, 0.5) is 0 Å². The molecule has 5 nitrogen and oxygen atoms in total. The molecule has 5 heteroatoms. The Hall–Kier alpha value is -1.88. The number of piperidine rings is 1. The highest BCUT2D eigenvalue weighted by atomic mass is 16.2. The summed E-state index contributed by atoms with van der Waals surface area (Å²) in [4.78, 5) is 28.7. The van der Waals surface area contributed by atoms with Crippen LogP contribution in [0.1, 0.15) is 38.7 Å². The molecule has 3 rings (SSSR count). The van der Waals surface area contributed by atoms with E-state index in [4.69, 9.17) is 0 Å². The van der Waals surface area contributed by atoms with Crippen LogP contribution in [-0.4, -0.2) is 60.9 Å². The second kappa shape index (κ2) is 8.87. The predicted octanol–water partition coefficient (Wildman–Crippen LogP) is 2.32. The summed E-state index contributed by atoms with van der Waals surface area (Å²) < 4.78 is 0. The molecule has 0 unspecified atom stereocenters. The highest BCUT2D eigenvalue weighted by Gasteiger charge is 2.42. The maximum absolute atomic E-state index is 12.5. The number of hydrogen-bond donors (Lipinski definition) is 1. The van der Waals surface area contributed by atoms with Gasteiger partial charge in [-0.05, 0) is 37.8 Å². The maximum Gasteiger partial charge on any atom is 0.241 e. The molecule has 1 atom stereocenters. The normalized spacial score (nSPS) is 23.1. The van der Waals surface area contributed by atoms with Crippen molar-refractivity contribution in [3.8, 4) is 0 Å². The van der Waals surface area contributed by atoms with Crippen molar-refractivity contribution in [1.82, 2.24) is 15.1 Å². The molecule has 2 aliphatic heterocycles. The summed E-state index contributed by atoms with van der Waals surface area (Å²) in [5.41, 5.74) is 1.63. The van der Waals surface area contributed by atoms with E-state index in [1.54, 1.807) is 0 Å². The predicted molar refractivity (Wildman–Crippen MR) is 107 cm³/mol. The lowest BCUT2D eigenvalue weighted by Crippen LogP contribution is -2.47. The average Bonchev–Trinajstić information content (AvgIpc) is 3.08. The fourth-order valence-electron chi connectivity index (χ4n) is 4.39. The van der Waals surface area contributed by atoms with Crippen molar-refractivity contribution in [3.63, 3.8) is 0 Å². The van der Waals surface area contributed by atoms with Gasteiger partial charge in [0.2, 0.25) is 11.8 Å². The largest absolute Gasteiger partial charge is 0.347 e. The van der Waals surface area contributed by atoms with Crippen LogP contribution in [0.2, 0.25) is 0 Å². The van der Waals surface area contributed by atoms with Crippen molar-refractivity contribution < 1.29 is 9.59 Å². The van der Waals surface area contributed by atoms with Crippen molar-refractivity contribution in [2.75, 3.05) is 39.3 Å². The first kappa shape index (κ1) is 19.9. The third-order valence-corrected chi connectivity index (χ3v) is 6.03. The Balaban J connectivity index is 1.48. The molecule has 2 aliphatic rings. The summed E-state index contributed by atoms with van der Waals surface area (Å²) in [6.07, 6.45) is 4.58. The summed E-state index contributed by atoms with van der Waals surface area (Å²) in [6.45, 7) is 8.81. The fraction of sp³-hybridized carbons (Fsp3) is 0.636. The van der Waals surface area contributed by atoms with Gasteiger partial charge >= 0.3 is 0 Å². The van der Waals surface area contributed by atoms with Crippen molar-refractivity contribution >= 4 is 11.8 Å². The van der Waals surface area contributed by atoms with Gasteiger partial charge in [-0.15, -0.1) is 0 Å². The Kier molecular flexibility index (Phi) is 6.53. The number of hydrogen-bond acceptors (Lipinski definition) is 3. The van der Waals surface area contributed by atoms with Crippen LogP contribution >= 0.6 is 0 Å². The minimum Gasteiger partial charge on any atom is -0.347 e. The molecule has 0 aromatic heterocycles. The molecule has 1 spiro atoms. The molecular formula is C22H33N3O2. The summed E-state index contributed by atoms with van der Waals surface area (Å²) >= 11 is 0. The first-order chi connectivity index (χ1) is 13.0. The van der Waals surface area contributed by atoms with Gasteiger partial charge in [-0.2, -0.15) is 0 Å². The summed E-state index contributed by atoms with van der Waals surface area (Å²) in [5, 5.41) is 2.76. The molecule has 0 aliphatic carbocycles. The SMILES string of the molecule is CC(C)C(=O)NCC(=O)N1CC[C@]2(CCCN(CCc3ccccc3)C2)C1. The number of amides is 2. The molecule has 0 radical (unpaired) electrons. The van der Waals surface area contributed by atoms with Gasteiger partial charge in [0.1, 0.15) is 0 Å². The second-order valence-corrected chi connectivity index (χ2v) is 8.55. The molecule has 1 N–H and O–H groups in total. The van der Waals surface area contributed by atoms with Gasteiger partial charge in [-0.1, -0.05) is 44.2 Å². The molecule has 2 amide bonds. The van der Waals surface area contributed by atoms with Gasteiger partial charge in [0.15, 0.2) is 0 Å². The zero-order valence-electron chi connectivity index (χ0n) is 16.7. The number of rotatable bonds is 6. The Bertz CT molecular complexity index is 646. The van der Waals surface area contributed by atoms with Gasteiger partial charge in [0.25, 0.3) is 0 Å². The Morgan fingerprint density at radius 3 is 2.63 bits per heavy atom. The van der Waals surface area contributed by atoms with E-state index < -0.39 is 0 Å². The Labute approximate surface area is 163 Å². The van der Waals surface area contributed by atoms with Crippen molar-refractivity contribution in [3.05, 3.63) is 35.9 Å². The molecule has 27 heavy (non-hydrogen) atoms. The second-order valence-electron chi connectivity index (χ2n) is 8.55. The smallest absolute Gasteiger partial charge is 0.241 e. The monoisotopic (exact) mass is 371 g/mol. The highest BCUT2D eigenvalue weighted by Crippen LogP contribution is 2.38. The van der Waals surface area contributed by atoms with E-state index in [0.717, 1.165) is 45.6 Å². The molecular weight excluding hydrogens is 338 g/mol. The van der Waals surface area contributed by atoms with E-state index in [-0.39, 0.29) is 29.7 Å². The molecule has 148 valence electrons. The van der Waals surface area contributed by atoms with Gasteiger partial charge in [0, 0.05) is 37.5 Å². The average molecular weight is 372 g/mol. The van der Waals surface area contributed by atoms with E-state index in [2.05, 4.69) is 40.5 Å². The lowest BCUT2D eigenvalue weighted by molar-refractivity contribution is -0.133. The molecule has 0 bridgehead atoms. The lowest BCUT2D eigenvalue weighted by Gasteiger charge is -2.40. The van der Waals surface area contributed by atoms with Crippen LogP contribution in [-0.2, 0) is 16.0 Å². The molecule has 1 aromatic rings. The highest BCUT2D eigenvalue weighted by molar-refractivity contribution is 5.85. The van der Waals surface area contributed by atoms with Gasteiger partial charge < -0.3 is 15.1 Å². The van der Waals surface area contributed by atoms with Crippen LogP contribution in [0.15, 0.2) is 30.3 Å². The molecule has 1 aromatic carbocycles. The molecule has 2 saturated heterocycles. The third-order valence-electron chi connectivity index (χ3n) is 6.03. The van der Waals surface area contributed by atoms with E-state index in [9.17, 15) is 9.59 Å². The fourth-order valence-corrected chi connectivity index (χ4v) is 4.39. The summed E-state index contributed by atoms with van der Waals surface area (Å²) in [7, 11) is 0. The minimum atomic E-state index is -0.0840. The zero-order chi connectivity index (χ0) is 19.3. The van der Waals surface area contributed by atoms with E-state index in [1.165, 1.54) is 18.4 Å². The maximum atomic E-state index is 12.5. The number of carbonyl (C=O) groups excluding carboxylic acids is 2. The number of nitrogens with zero attached hydrogens (tertiary/aromatic N) is 2. The van der Waals surface area contributed by atoms with Crippen LogP contribution in [0.3, 0.4) is 0 Å². The zero-order valence-corrected chi connectivity index (χ0v) is 16.7. The van der Waals surface area contributed by atoms with E-state index >= 15 is 0 Å². The minimum absolute atomic E-state index is 0.0537. The quantitative estimate of drug-likeness (QED) is 0.835.